The van der Waals surface area contributed by atoms with E-state index in [0.29, 0.717) is 12.1 Å². The first-order valence-corrected chi connectivity index (χ1v) is 11.8. The molecule has 0 spiro atoms. The van der Waals surface area contributed by atoms with Crippen LogP contribution in [-0.2, 0) is 22.6 Å². The molecule has 0 bridgehead atoms. The lowest BCUT2D eigenvalue weighted by Crippen LogP contribution is -2.19. The summed E-state index contributed by atoms with van der Waals surface area (Å²) in [5, 5.41) is 12.2. The number of ether oxygens (including phenoxy) is 2. The number of pyridine rings is 1. The van der Waals surface area contributed by atoms with Crippen LogP contribution < -0.4 is 19.9 Å². The molecule has 2 atom stereocenters. The molecule has 10 nitrogen and oxygen atoms in total. The van der Waals surface area contributed by atoms with Crippen molar-refractivity contribution in [2.75, 3.05) is 12.4 Å². The summed E-state index contributed by atoms with van der Waals surface area (Å²) in [5.74, 6) is 0.345. The Bertz CT molecular complexity index is 1430. The number of benzene rings is 1. The van der Waals surface area contributed by atoms with E-state index in [0.717, 1.165) is 6.07 Å². The van der Waals surface area contributed by atoms with Gasteiger partial charge in [-0.25, -0.2) is 23.8 Å². The van der Waals surface area contributed by atoms with E-state index in [1.807, 2.05) is 0 Å². The van der Waals surface area contributed by atoms with Crippen LogP contribution in [-0.4, -0.2) is 38.2 Å². The van der Waals surface area contributed by atoms with Crippen molar-refractivity contribution in [1.29, 1.82) is 0 Å². The number of nitrogens with one attached hydrogen (secondary N) is 1. The SMILES string of the molecule is COc1cc(-c2ccc(C(F)(F)F)c(C)c2NC(=O)N=[S@](N)(=O)c2cnn3c2O[C@H](C)C3)ccn1. The Kier molecular flexibility index (Phi) is 6.19. The highest BCUT2D eigenvalue weighted by Crippen LogP contribution is 2.40. The minimum absolute atomic E-state index is 0.0862. The normalized spacial score (nSPS) is 16.7. The van der Waals surface area contributed by atoms with Gasteiger partial charge in [-0.2, -0.15) is 18.3 Å². The van der Waals surface area contributed by atoms with Gasteiger partial charge in [0.1, 0.15) is 11.0 Å². The summed E-state index contributed by atoms with van der Waals surface area (Å²) in [7, 11) is -2.43. The average molecular weight is 510 g/mol. The highest BCUT2D eigenvalue weighted by atomic mass is 32.2. The van der Waals surface area contributed by atoms with Gasteiger partial charge < -0.3 is 14.8 Å². The Morgan fingerprint density at radius 1 is 1.37 bits per heavy atom. The fraction of sp³-hybridized carbons (Fsp3) is 0.286. The number of alkyl halides is 3. The van der Waals surface area contributed by atoms with E-state index >= 15 is 0 Å². The van der Waals surface area contributed by atoms with Crippen molar-refractivity contribution in [3.8, 4) is 22.9 Å². The van der Waals surface area contributed by atoms with Crippen molar-refractivity contribution < 1.29 is 31.6 Å². The molecule has 0 aliphatic carbocycles. The lowest BCUT2D eigenvalue weighted by molar-refractivity contribution is -0.138. The summed E-state index contributed by atoms with van der Waals surface area (Å²) >= 11 is 0. The second kappa shape index (κ2) is 8.85. The van der Waals surface area contributed by atoms with Crippen LogP contribution >= 0.6 is 0 Å². The number of nitrogens with zero attached hydrogens (tertiary/aromatic N) is 4. The number of methoxy groups -OCH3 is 1. The topological polar surface area (TPSA) is 134 Å². The molecule has 0 fully saturated rings. The van der Waals surface area contributed by atoms with E-state index in [1.54, 1.807) is 6.92 Å². The van der Waals surface area contributed by atoms with Gasteiger partial charge >= 0.3 is 12.2 Å². The molecule has 4 rings (SSSR count). The van der Waals surface area contributed by atoms with Gasteiger partial charge in [-0.3, -0.25) is 0 Å². The van der Waals surface area contributed by atoms with Gasteiger partial charge in [-0.05, 0) is 37.1 Å². The van der Waals surface area contributed by atoms with Crippen molar-refractivity contribution in [3.05, 3.63) is 47.8 Å². The molecule has 2 amide bonds. The zero-order valence-electron chi connectivity index (χ0n) is 18.8. The number of anilines is 1. The molecule has 3 aromatic rings. The van der Waals surface area contributed by atoms with Gasteiger partial charge in [-0.15, -0.1) is 4.36 Å². The van der Waals surface area contributed by atoms with Crippen LogP contribution in [0.15, 0.2) is 45.9 Å². The summed E-state index contributed by atoms with van der Waals surface area (Å²) in [6.07, 6.45) is -2.33. The largest absolute Gasteiger partial charge is 0.481 e. The number of amides is 2. The molecular weight excluding hydrogens is 489 g/mol. The Morgan fingerprint density at radius 3 is 2.80 bits per heavy atom. The number of rotatable bonds is 4. The minimum Gasteiger partial charge on any atom is -0.481 e. The molecule has 14 heteroatoms. The van der Waals surface area contributed by atoms with Crippen molar-refractivity contribution >= 4 is 21.6 Å². The van der Waals surface area contributed by atoms with Crippen LogP contribution in [0.25, 0.3) is 11.1 Å². The van der Waals surface area contributed by atoms with E-state index < -0.39 is 27.7 Å². The fourth-order valence-corrected chi connectivity index (χ4v) is 4.68. The molecule has 3 heterocycles. The Labute approximate surface area is 198 Å². The molecule has 1 aliphatic rings. The first-order valence-electron chi connectivity index (χ1n) is 10.2. The number of hydrogen-bond acceptors (Lipinski definition) is 6. The number of carbonyl (C=O) groups is 1. The summed E-state index contributed by atoms with van der Waals surface area (Å²) in [5.41, 5.74) is -0.729. The average Bonchev–Trinajstić information content (AvgIpc) is 3.33. The van der Waals surface area contributed by atoms with Crippen molar-refractivity contribution in [1.82, 2.24) is 14.8 Å². The maximum Gasteiger partial charge on any atom is 0.416 e. The lowest BCUT2D eigenvalue weighted by Gasteiger charge is -2.18. The van der Waals surface area contributed by atoms with Crippen LogP contribution in [0.1, 0.15) is 18.1 Å². The molecule has 1 aliphatic heterocycles. The number of aromatic nitrogens is 3. The molecule has 0 unspecified atom stereocenters. The number of fused-ring (bicyclic) bond motifs is 1. The third-order valence-corrected chi connectivity index (χ3v) is 6.64. The van der Waals surface area contributed by atoms with Gasteiger partial charge in [-0.1, -0.05) is 6.07 Å². The molecule has 0 saturated heterocycles. The maximum atomic E-state index is 13.6. The predicted molar refractivity (Wildman–Crippen MR) is 120 cm³/mol. The molecule has 2 aromatic heterocycles. The number of urea groups is 1. The third kappa shape index (κ3) is 4.79. The molecule has 1 aromatic carbocycles. The van der Waals surface area contributed by atoms with E-state index in [9.17, 15) is 22.2 Å². The summed E-state index contributed by atoms with van der Waals surface area (Å²) < 4.78 is 69.4. The number of hydrogen-bond donors (Lipinski definition) is 2. The van der Waals surface area contributed by atoms with Crippen LogP contribution in [0.5, 0.6) is 11.8 Å². The Morgan fingerprint density at radius 2 is 2.11 bits per heavy atom. The van der Waals surface area contributed by atoms with Gasteiger partial charge in [0.15, 0.2) is 9.92 Å². The van der Waals surface area contributed by atoms with Gasteiger partial charge in [0.05, 0.1) is 31.1 Å². The molecule has 0 saturated carbocycles. The predicted octanol–water partition coefficient (Wildman–Crippen LogP) is 3.99. The molecule has 35 heavy (non-hydrogen) atoms. The molecular formula is C21H21F3N6O4S. The highest BCUT2D eigenvalue weighted by Gasteiger charge is 2.34. The van der Waals surface area contributed by atoms with E-state index in [-0.39, 0.29) is 39.6 Å². The molecule has 186 valence electrons. The summed E-state index contributed by atoms with van der Waals surface area (Å²) in [4.78, 5) is 16.7. The Hall–Kier alpha value is -3.65. The van der Waals surface area contributed by atoms with Crippen LogP contribution in [0.4, 0.5) is 23.7 Å². The summed E-state index contributed by atoms with van der Waals surface area (Å²) in [6, 6.07) is 3.95. The monoisotopic (exact) mass is 510 g/mol. The third-order valence-electron chi connectivity index (χ3n) is 5.29. The Balaban J connectivity index is 1.77. The van der Waals surface area contributed by atoms with Crippen LogP contribution in [0.2, 0.25) is 0 Å². The number of carbonyl (C=O) groups excluding carboxylic acids is 1. The number of halogens is 3. The highest BCUT2D eigenvalue weighted by molar-refractivity contribution is 7.91. The van der Waals surface area contributed by atoms with Gasteiger partial charge in [0, 0.05) is 17.8 Å². The minimum atomic E-state index is -4.68. The maximum absolute atomic E-state index is 13.6. The van der Waals surface area contributed by atoms with Crippen LogP contribution in [0.3, 0.4) is 0 Å². The van der Waals surface area contributed by atoms with Crippen molar-refractivity contribution in [2.45, 2.75) is 37.6 Å². The fourth-order valence-electron chi connectivity index (χ4n) is 3.69. The van der Waals surface area contributed by atoms with Gasteiger partial charge in [0.2, 0.25) is 11.8 Å². The standard InChI is InChI=1S/C21H21F3N6O4S/c1-11-10-30-19(34-11)16(9-27-30)35(25,32)29-20(31)28-18-12(2)15(21(22,23)24)5-4-14(18)13-6-7-26-17(8-13)33-3/h4-9,11H,10H2,1-3H3,(H3,25,28,29,31,32)/t11-,35+/m1/s1. The van der Waals surface area contributed by atoms with Crippen molar-refractivity contribution in [3.63, 3.8) is 0 Å². The van der Waals surface area contributed by atoms with E-state index in [1.165, 1.54) is 49.3 Å². The smallest absolute Gasteiger partial charge is 0.416 e. The first-order chi connectivity index (χ1) is 16.4. The molecule has 3 N–H and O–H groups in total. The zero-order chi connectivity index (χ0) is 25.5. The van der Waals surface area contributed by atoms with E-state index in [2.05, 4.69) is 19.8 Å². The second-order valence-corrected chi connectivity index (χ2v) is 9.52. The first kappa shape index (κ1) is 24.5. The lowest BCUT2D eigenvalue weighted by atomic mass is 9.97. The van der Waals surface area contributed by atoms with Crippen LogP contribution in [0, 0.1) is 6.92 Å². The second-order valence-electron chi connectivity index (χ2n) is 7.76. The summed E-state index contributed by atoms with van der Waals surface area (Å²) in [6.45, 7) is 3.38. The van der Waals surface area contributed by atoms with E-state index in [4.69, 9.17) is 14.6 Å². The van der Waals surface area contributed by atoms with Crippen molar-refractivity contribution in [2.24, 2.45) is 9.50 Å². The quantitative estimate of drug-likeness (QED) is 0.545. The number of nitrogens with two attached hydrogens (primary N) is 1. The zero-order valence-corrected chi connectivity index (χ0v) is 19.6. The molecule has 0 radical (unpaired) electrons. The van der Waals surface area contributed by atoms with Gasteiger partial charge in [0.25, 0.3) is 0 Å².